The smallest absolute Gasteiger partial charge is 0.251 e. The molecule has 1 aliphatic carbocycles. The summed E-state index contributed by atoms with van der Waals surface area (Å²) in [5, 5.41) is 11.9. The topological polar surface area (TPSA) is 49.3 Å². The van der Waals surface area contributed by atoms with Crippen LogP contribution in [0.15, 0.2) is 18.2 Å². The summed E-state index contributed by atoms with van der Waals surface area (Å²) in [6.45, 7) is 1.99. The maximum Gasteiger partial charge on any atom is 0.251 e. The lowest BCUT2D eigenvalue weighted by Gasteiger charge is -2.13. The Morgan fingerprint density at radius 2 is 2.15 bits per heavy atom. The van der Waals surface area contributed by atoms with Crippen molar-refractivity contribution in [1.82, 2.24) is 5.32 Å². The van der Waals surface area contributed by atoms with Gasteiger partial charge < -0.3 is 10.4 Å². The number of hydrogen-bond donors (Lipinski definition) is 2. The maximum absolute atomic E-state index is 12.3. The molecule has 106 valence electrons. The van der Waals surface area contributed by atoms with Gasteiger partial charge in [-0.05, 0) is 37.5 Å². The van der Waals surface area contributed by atoms with E-state index in [4.69, 9.17) is 5.11 Å². The summed E-state index contributed by atoms with van der Waals surface area (Å²) in [6, 6.07) is 5.94. The predicted octanol–water partition coefficient (Wildman–Crippen LogP) is 2.40. The van der Waals surface area contributed by atoms with Crippen molar-refractivity contribution in [2.24, 2.45) is 0 Å². The van der Waals surface area contributed by atoms with Crippen LogP contribution >= 0.6 is 0 Å². The Morgan fingerprint density at radius 1 is 1.40 bits per heavy atom. The van der Waals surface area contributed by atoms with E-state index in [2.05, 4.69) is 17.2 Å². The Kier molecular flexibility index (Phi) is 5.20. The molecule has 0 aromatic heterocycles. The van der Waals surface area contributed by atoms with Crippen LogP contribution in [-0.2, 0) is 0 Å². The molecule has 0 bridgehead atoms. The quantitative estimate of drug-likeness (QED) is 0.829. The number of nitrogens with one attached hydrogen (secondary N) is 1. The van der Waals surface area contributed by atoms with E-state index in [0.717, 1.165) is 24.0 Å². The molecule has 0 aliphatic heterocycles. The largest absolute Gasteiger partial charge is 0.395 e. The number of carbonyl (C=O) groups is 1. The van der Waals surface area contributed by atoms with Crippen LogP contribution in [0.2, 0.25) is 0 Å². The summed E-state index contributed by atoms with van der Waals surface area (Å²) in [5.41, 5.74) is 2.47. The molecule has 3 nitrogen and oxygen atoms in total. The van der Waals surface area contributed by atoms with Gasteiger partial charge in [0.1, 0.15) is 0 Å². The first-order valence-electron chi connectivity index (χ1n) is 7.22. The number of amides is 1. The highest BCUT2D eigenvalue weighted by molar-refractivity contribution is 5.96. The zero-order valence-electron chi connectivity index (χ0n) is 11.9. The molecule has 1 aromatic rings. The van der Waals surface area contributed by atoms with Gasteiger partial charge in [0.15, 0.2) is 0 Å². The standard InChI is InChI=1S/C17H21NO2/c1-13-14(7-4-5-12-19)8-6-11-16(13)17(20)18-15-9-2-3-10-15/h6,8,11,15,19H,2-3,5,9-10,12H2,1H3,(H,18,20). The average Bonchev–Trinajstić information content (AvgIpc) is 2.93. The Morgan fingerprint density at radius 3 is 2.85 bits per heavy atom. The molecule has 0 spiro atoms. The highest BCUT2D eigenvalue weighted by Crippen LogP contribution is 2.19. The average molecular weight is 271 g/mol. The Balaban J connectivity index is 2.13. The van der Waals surface area contributed by atoms with Crippen molar-refractivity contribution < 1.29 is 9.90 Å². The number of carbonyl (C=O) groups excluding carboxylic acids is 1. The number of aliphatic hydroxyl groups excluding tert-OH is 1. The Hall–Kier alpha value is -1.79. The number of hydrogen-bond acceptors (Lipinski definition) is 2. The molecule has 1 amide bonds. The molecule has 0 saturated heterocycles. The molecule has 20 heavy (non-hydrogen) atoms. The Bertz CT molecular complexity index is 534. The van der Waals surface area contributed by atoms with Crippen LogP contribution in [0.3, 0.4) is 0 Å². The van der Waals surface area contributed by atoms with E-state index >= 15 is 0 Å². The first kappa shape index (κ1) is 14.6. The molecular weight excluding hydrogens is 250 g/mol. The molecule has 1 saturated carbocycles. The van der Waals surface area contributed by atoms with Gasteiger partial charge >= 0.3 is 0 Å². The van der Waals surface area contributed by atoms with Gasteiger partial charge in [0.25, 0.3) is 5.91 Å². The fourth-order valence-corrected chi connectivity index (χ4v) is 2.56. The third-order valence-corrected chi connectivity index (χ3v) is 3.73. The van der Waals surface area contributed by atoms with Gasteiger partial charge in [-0.15, -0.1) is 0 Å². The first-order chi connectivity index (χ1) is 9.72. The van der Waals surface area contributed by atoms with Crippen molar-refractivity contribution in [3.63, 3.8) is 0 Å². The van der Waals surface area contributed by atoms with Crippen LogP contribution in [0, 0.1) is 18.8 Å². The van der Waals surface area contributed by atoms with Crippen molar-refractivity contribution in [3.05, 3.63) is 34.9 Å². The van der Waals surface area contributed by atoms with Crippen molar-refractivity contribution >= 4 is 5.91 Å². The molecule has 2 rings (SSSR count). The molecule has 0 radical (unpaired) electrons. The molecule has 3 heteroatoms. The van der Waals surface area contributed by atoms with Gasteiger partial charge in [0.2, 0.25) is 0 Å². The second kappa shape index (κ2) is 7.12. The molecule has 0 atom stereocenters. The highest BCUT2D eigenvalue weighted by atomic mass is 16.2. The number of benzene rings is 1. The minimum atomic E-state index is 0.000193. The van der Waals surface area contributed by atoms with E-state index < -0.39 is 0 Å². The summed E-state index contributed by atoms with van der Waals surface area (Å²) in [5.74, 6) is 5.91. The molecule has 0 heterocycles. The maximum atomic E-state index is 12.3. The fourth-order valence-electron chi connectivity index (χ4n) is 2.56. The fraction of sp³-hybridized carbons (Fsp3) is 0.471. The van der Waals surface area contributed by atoms with Gasteiger partial charge in [0, 0.05) is 23.6 Å². The summed E-state index contributed by atoms with van der Waals surface area (Å²) in [4.78, 5) is 12.3. The summed E-state index contributed by atoms with van der Waals surface area (Å²) < 4.78 is 0. The third kappa shape index (κ3) is 3.61. The number of aliphatic hydroxyl groups is 1. The van der Waals surface area contributed by atoms with Crippen LogP contribution < -0.4 is 5.32 Å². The van der Waals surface area contributed by atoms with Crippen LogP contribution in [0.5, 0.6) is 0 Å². The second-order valence-corrected chi connectivity index (χ2v) is 5.21. The van der Waals surface area contributed by atoms with Crippen LogP contribution in [0.1, 0.15) is 53.6 Å². The summed E-state index contributed by atoms with van der Waals surface area (Å²) >= 11 is 0. The van der Waals surface area contributed by atoms with Gasteiger partial charge in [-0.3, -0.25) is 4.79 Å². The molecule has 1 aliphatic rings. The van der Waals surface area contributed by atoms with Gasteiger partial charge in [0.05, 0.1) is 6.61 Å². The van der Waals surface area contributed by atoms with E-state index in [0.29, 0.717) is 18.0 Å². The van der Waals surface area contributed by atoms with Gasteiger partial charge in [-0.2, -0.15) is 0 Å². The first-order valence-corrected chi connectivity index (χ1v) is 7.22. The summed E-state index contributed by atoms with van der Waals surface area (Å²) in [7, 11) is 0. The minimum Gasteiger partial charge on any atom is -0.395 e. The monoisotopic (exact) mass is 271 g/mol. The SMILES string of the molecule is Cc1c(C#CCCO)cccc1C(=O)NC1CCCC1. The van der Waals surface area contributed by atoms with E-state index in [1.807, 2.05) is 25.1 Å². The van der Waals surface area contributed by atoms with Gasteiger partial charge in [-0.25, -0.2) is 0 Å². The minimum absolute atomic E-state index is 0.000193. The normalized spacial score (nSPS) is 14.7. The van der Waals surface area contributed by atoms with Gasteiger partial charge in [-0.1, -0.05) is 30.7 Å². The van der Waals surface area contributed by atoms with E-state index in [9.17, 15) is 4.79 Å². The van der Waals surface area contributed by atoms with Crippen molar-refractivity contribution in [2.45, 2.75) is 45.1 Å². The Labute approximate surface area is 120 Å². The van der Waals surface area contributed by atoms with Crippen molar-refractivity contribution in [3.8, 4) is 11.8 Å². The molecular formula is C17H21NO2. The predicted molar refractivity (Wildman–Crippen MR) is 79.5 cm³/mol. The second-order valence-electron chi connectivity index (χ2n) is 5.21. The molecule has 1 aromatic carbocycles. The third-order valence-electron chi connectivity index (χ3n) is 3.73. The molecule has 0 unspecified atom stereocenters. The zero-order chi connectivity index (χ0) is 14.4. The van der Waals surface area contributed by atoms with E-state index in [-0.39, 0.29) is 12.5 Å². The lowest BCUT2D eigenvalue weighted by molar-refractivity contribution is 0.0937. The van der Waals surface area contributed by atoms with Crippen LogP contribution in [0.4, 0.5) is 0 Å². The zero-order valence-corrected chi connectivity index (χ0v) is 11.9. The van der Waals surface area contributed by atoms with Crippen molar-refractivity contribution in [1.29, 1.82) is 0 Å². The number of rotatable bonds is 3. The van der Waals surface area contributed by atoms with Crippen LogP contribution in [-0.4, -0.2) is 23.7 Å². The van der Waals surface area contributed by atoms with Crippen LogP contribution in [0.25, 0.3) is 0 Å². The lowest BCUT2D eigenvalue weighted by Crippen LogP contribution is -2.33. The molecule has 1 fully saturated rings. The lowest BCUT2D eigenvalue weighted by atomic mass is 10.0. The van der Waals surface area contributed by atoms with E-state index in [1.54, 1.807) is 0 Å². The summed E-state index contributed by atoms with van der Waals surface area (Å²) in [6.07, 6.45) is 5.03. The van der Waals surface area contributed by atoms with Crippen molar-refractivity contribution in [2.75, 3.05) is 6.61 Å². The molecule has 2 N–H and O–H groups in total. The van der Waals surface area contributed by atoms with E-state index in [1.165, 1.54) is 12.8 Å². The highest BCUT2D eigenvalue weighted by Gasteiger charge is 2.19.